The van der Waals surface area contributed by atoms with Crippen LogP contribution in [0.15, 0.2) is 24.4 Å². The van der Waals surface area contributed by atoms with E-state index < -0.39 is 0 Å². The first-order valence-electron chi connectivity index (χ1n) is 4.79. The summed E-state index contributed by atoms with van der Waals surface area (Å²) in [6, 6.07) is 6.65. The molecule has 1 aromatic heterocycles. The molecule has 1 saturated heterocycles. The molecule has 3 heteroatoms. The SMILES string of the molecule is c1ccc(CN[C@@H]2CCNC2)nc1. The van der Waals surface area contributed by atoms with Gasteiger partial charge in [0.2, 0.25) is 0 Å². The van der Waals surface area contributed by atoms with Gasteiger partial charge in [-0.3, -0.25) is 4.98 Å². The average molecular weight is 177 g/mol. The molecule has 1 aliphatic rings. The molecule has 1 aliphatic heterocycles. The molecule has 70 valence electrons. The van der Waals surface area contributed by atoms with Gasteiger partial charge in [-0.2, -0.15) is 0 Å². The molecule has 2 heterocycles. The van der Waals surface area contributed by atoms with Gasteiger partial charge in [-0.15, -0.1) is 0 Å². The van der Waals surface area contributed by atoms with Crippen LogP contribution in [-0.4, -0.2) is 24.1 Å². The molecule has 0 radical (unpaired) electrons. The van der Waals surface area contributed by atoms with E-state index in [1.54, 1.807) is 0 Å². The topological polar surface area (TPSA) is 37.0 Å². The fourth-order valence-corrected chi connectivity index (χ4v) is 1.58. The molecular weight excluding hydrogens is 162 g/mol. The van der Waals surface area contributed by atoms with Gasteiger partial charge in [-0.1, -0.05) is 6.07 Å². The number of hydrogen-bond acceptors (Lipinski definition) is 3. The minimum Gasteiger partial charge on any atom is -0.315 e. The third-order valence-electron chi connectivity index (χ3n) is 2.36. The lowest BCUT2D eigenvalue weighted by Gasteiger charge is -2.09. The van der Waals surface area contributed by atoms with Gasteiger partial charge in [0.1, 0.15) is 0 Å². The monoisotopic (exact) mass is 177 g/mol. The molecule has 3 nitrogen and oxygen atoms in total. The minimum atomic E-state index is 0.627. The van der Waals surface area contributed by atoms with Crippen molar-refractivity contribution in [2.45, 2.75) is 19.0 Å². The highest BCUT2D eigenvalue weighted by atomic mass is 15.0. The Morgan fingerprint density at radius 3 is 3.23 bits per heavy atom. The van der Waals surface area contributed by atoms with Crippen LogP contribution in [-0.2, 0) is 6.54 Å². The van der Waals surface area contributed by atoms with Gasteiger partial charge in [-0.25, -0.2) is 0 Å². The second kappa shape index (κ2) is 4.35. The van der Waals surface area contributed by atoms with Crippen LogP contribution in [0.1, 0.15) is 12.1 Å². The number of aromatic nitrogens is 1. The van der Waals surface area contributed by atoms with Crippen LogP contribution in [0, 0.1) is 0 Å². The van der Waals surface area contributed by atoms with Crippen molar-refractivity contribution >= 4 is 0 Å². The van der Waals surface area contributed by atoms with E-state index in [2.05, 4.69) is 21.7 Å². The largest absolute Gasteiger partial charge is 0.315 e. The first-order valence-corrected chi connectivity index (χ1v) is 4.79. The zero-order valence-corrected chi connectivity index (χ0v) is 7.66. The summed E-state index contributed by atoms with van der Waals surface area (Å²) in [5.41, 5.74) is 1.12. The van der Waals surface area contributed by atoms with Crippen molar-refractivity contribution in [3.8, 4) is 0 Å². The number of pyridine rings is 1. The summed E-state index contributed by atoms with van der Waals surface area (Å²) >= 11 is 0. The molecule has 1 aromatic rings. The average Bonchev–Trinajstić information content (AvgIpc) is 2.69. The highest BCUT2D eigenvalue weighted by Gasteiger charge is 2.12. The molecule has 0 bridgehead atoms. The van der Waals surface area contributed by atoms with E-state index in [1.807, 2.05) is 18.3 Å². The lowest BCUT2D eigenvalue weighted by Crippen LogP contribution is -2.30. The highest BCUT2D eigenvalue weighted by Crippen LogP contribution is 1.99. The molecule has 0 aliphatic carbocycles. The summed E-state index contributed by atoms with van der Waals surface area (Å²) < 4.78 is 0. The predicted octanol–water partition coefficient (Wildman–Crippen LogP) is 0.533. The molecule has 0 amide bonds. The van der Waals surface area contributed by atoms with Gasteiger partial charge in [0.15, 0.2) is 0 Å². The third kappa shape index (κ3) is 2.50. The maximum absolute atomic E-state index is 4.26. The lowest BCUT2D eigenvalue weighted by molar-refractivity contribution is 0.542. The molecule has 0 aromatic carbocycles. The van der Waals surface area contributed by atoms with Crippen LogP contribution in [0.4, 0.5) is 0 Å². The quantitative estimate of drug-likeness (QED) is 0.707. The van der Waals surface area contributed by atoms with Crippen LogP contribution in [0.3, 0.4) is 0 Å². The first-order chi connectivity index (χ1) is 6.45. The maximum Gasteiger partial charge on any atom is 0.0541 e. The van der Waals surface area contributed by atoms with Crippen molar-refractivity contribution in [1.82, 2.24) is 15.6 Å². The van der Waals surface area contributed by atoms with Gasteiger partial charge in [0.05, 0.1) is 5.69 Å². The first kappa shape index (κ1) is 8.66. The standard InChI is InChI=1S/C10H15N3/c1-2-5-12-9(3-1)8-13-10-4-6-11-7-10/h1-3,5,10-11,13H,4,6-8H2/t10-/m1/s1. The number of nitrogens with one attached hydrogen (secondary N) is 2. The van der Waals surface area contributed by atoms with Gasteiger partial charge in [0, 0.05) is 25.3 Å². The van der Waals surface area contributed by atoms with E-state index in [-0.39, 0.29) is 0 Å². The Labute approximate surface area is 78.6 Å². The van der Waals surface area contributed by atoms with Crippen LogP contribution in [0.5, 0.6) is 0 Å². The normalized spacial score (nSPS) is 22.0. The minimum absolute atomic E-state index is 0.627. The molecular formula is C10H15N3. The second-order valence-corrected chi connectivity index (χ2v) is 3.39. The fraction of sp³-hybridized carbons (Fsp3) is 0.500. The third-order valence-corrected chi connectivity index (χ3v) is 2.36. The summed E-state index contributed by atoms with van der Waals surface area (Å²) in [4.78, 5) is 4.26. The summed E-state index contributed by atoms with van der Waals surface area (Å²) in [6.07, 6.45) is 3.07. The van der Waals surface area contributed by atoms with Crippen molar-refractivity contribution in [2.24, 2.45) is 0 Å². The zero-order chi connectivity index (χ0) is 8.93. The summed E-state index contributed by atoms with van der Waals surface area (Å²) in [5.74, 6) is 0. The van der Waals surface area contributed by atoms with Crippen molar-refractivity contribution < 1.29 is 0 Å². The Morgan fingerprint density at radius 1 is 1.54 bits per heavy atom. The summed E-state index contributed by atoms with van der Waals surface area (Å²) in [7, 11) is 0. The van der Waals surface area contributed by atoms with E-state index in [9.17, 15) is 0 Å². The summed E-state index contributed by atoms with van der Waals surface area (Å²) in [6.45, 7) is 3.11. The Balaban J connectivity index is 1.79. The number of rotatable bonds is 3. The number of nitrogens with zero attached hydrogens (tertiary/aromatic N) is 1. The molecule has 0 spiro atoms. The van der Waals surface area contributed by atoms with Crippen molar-refractivity contribution in [3.05, 3.63) is 30.1 Å². The Kier molecular flexibility index (Phi) is 2.90. The number of hydrogen-bond donors (Lipinski definition) is 2. The zero-order valence-electron chi connectivity index (χ0n) is 7.66. The molecule has 2 N–H and O–H groups in total. The predicted molar refractivity (Wildman–Crippen MR) is 52.4 cm³/mol. The van der Waals surface area contributed by atoms with Crippen molar-refractivity contribution in [2.75, 3.05) is 13.1 Å². The van der Waals surface area contributed by atoms with E-state index in [1.165, 1.54) is 6.42 Å². The van der Waals surface area contributed by atoms with Gasteiger partial charge >= 0.3 is 0 Å². The van der Waals surface area contributed by atoms with Crippen LogP contribution in [0.25, 0.3) is 0 Å². The Bertz CT molecular complexity index is 242. The van der Waals surface area contributed by atoms with Crippen LogP contribution >= 0.6 is 0 Å². The molecule has 2 rings (SSSR count). The second-order valence-electron chi connectivity index (χ2n) is 3.39. The fourth-order valence-electron chi connectivity index (χ4n) is 1.58. The van der Waals surface area contributed by atoms with Crippen LogP contribution in [0.2, 0.25) is 0 Å². The molecule has 0 saturated carbocycles. The van der Waals surface area contributed by atoms with Crippen LogP contribution < -0.4 is 10.6 Å². The highest BCUT2D eigenvalue weighted by molar-refractivity contribution is 5.03. The lowest BCUT2D eigenvalue weighted by atomic mass is 10.2. The van der Waals surface area contributed by atoms with Crippen molar-refractivity contribution in [3.63, 3.8) is 0 Å². The van der Waals surface area contributed by atoms with E-state index in [0.717, 1.165) is 25.3 Å². The van der Waals surface area contributed by atoms with Crippen molar-refractivity contribution in [1.29, 1.82) is 0 Å². The van der Waals surface area contributed by atoms with Gasteiger partial charge in [0.25, 0.3) is 0 Å². The smallest absolute Gasteiger partial charge is 0.0541 e. The molecule has 13 heavy (non-hydrogen) atoms. The Morgan fingerprint density at radius 2 is 2.54 bits per heavy atom. The maximum atomic E-state index is 4.26. The molecule has 1 atom stereocenters. The molecule has 0 unspecified atom stereocenters. The van der Waals surface area contributed by atoms with E-state index in [4.69, 9.17) is 0 Å². The Hall–Kier alpha value is -0.930. The van der Waals surface area contributed by atoms with Gasteiger partial charge in [-0.05, 0) is 25.1 Å². The van der Waals surface area contributed by atoms with E-state index >= 15 is 0 Å². The molecule has 1 fully saturated rings. The summed E-state index contributed by atoms with van der Waals surface area (Å²) in [5, 5.41) is 6.80. The van der Waals surface area contributed by atoms with E-state index in [0.29, 0.717) is 6.04 Å². The van der Waals surface area contributed by atoms with Gasteiger partial charge < -0.3 is 10.6 Å².